The van der Waals surface area contributed by atoms with Crippen LogP contribution in [0.4, 0.5) is 9.52 Å². The molecular formula is C20H13FN2OS2. The van der Waals surface area contributed by atoms with E-state index in [2.05, 4.69) is 10.3 Å². The van der Waals surface area contributed by atoms with Crippen molar-refractivity contribution < 1.29 is 9.18 Å². The molecule has 0 spiro atoms. The van der Waals surface area contributed by atoms with Gasteiger partial charge in [-0.3, -0.25) is 10.1 Å². The number of anilines is 1. The maximum Gasteiger partial charge on any atom is 0.267 e. The van der Waals surface area contributed by atoms with E-state index in [9.17, 15) is 9.18 Å². The van der Waals surface area contributed by atoms with Crippen molar-refractivity contribution in [3.05, 3.63) is 82.8 Å². The Morgan fingerprint density at radius 1 is 0.923 bits per heavy atom. The van der Waals surface area contributed by atoms with Crippen molar-refractivity contribution in [1.29, 1.82) is 0 Å². The molecule has 26 heavy (non-hydrogen) atoms. The van der Waals surface area contributed by atoms with Crippen LogP contribution in [0.2, 0.25) is 0 Å². The van der Waals surface area contributed by atoms with Crippen molar-refractivity contribution in [3.63, 3.8) is 0 Å². The lowest BCUT2D eigenvalue weighted by Gasteiger charge is -2.02. The summed E-state index contributed by atoms with van der Waals surface area (Å²) >= 11 is 2.78. The second-order valence-electron chi connectivity index (χ2n) is 5.50. The number of carbonyl (C=O) groups excluding carboxylic acids is 1. The summed E-state index contributed by atoms with van der Waals surface area (Å²) in [6, 6.07) is 19.6. The van der Waals surface area contributed by atoms with Crippen molar-refractivity contribution in [1.82, 2.24) is 4.98 Å². The third-order valence-electron chi connectivity index (χ3n) is 3.75. The summed E-state index contributed by atoms with van der Waals surface area (Å²) in [7, 11) is 0. The zero-order chi connectivity index (χ0) is 17.9. The summed E-state index contributed by atoms with van der Waals surface area (Å²) in [6.07, 6.45) is 0. The number of aromatic nitrogens is 1. The van der Waals surface area contributed by atoms with Gasteiger partial charge in [-0.25, -0.2) is 9.37 Å². The normalized spacial score (nSPS) is 10.7. The number of rotatable bonds is 4. The smallest absolute Gasteiger partial charge is 0.267 e. The predicted molar refractivity (Wildman–Crippen MR) is 105 cm³/mol. The zero-order valence-corrected chi connectivity index (χ0v) is 15.1. The highest BCUT2D eigenvalue weighted by molar-refractivity contribution is 7.19. The van der Waals surface area contributed by atoms with Crippen molar-refractivity contribution in [2.75, 3.05) is 5.32 Å². The molecular weight excluding hydrogens is 367 g/mol. The Morgan fingerprint density at radius 3 is 2.38 bits per heavy atom. The van der Waals surface area contributed by atoms with Crippen LogP contribution in [0.5, 0.6) is 0 Å². The molecule has 2 aromatic heterocycles. The largest absolute Gasteiger partial charge is 0.297 e. The van der Waals surface area contributed by atoms with Gasteiger partial charge in [-0.15, -0.1) is 11.3 Å². The van der Waals surface area contributed by atoms with Crippen molar-refractivity contribution in [2.24, 2.45) is 0 Å². The van der Waals surface area contributed by atoms with Gasteiger partial charge in [0, 0.05) is 5.56 Å². The Morgan fingerprint density at radius 2 is 1.69 bits per heavy atom. The van der Waals surface area contributed by atoms with Crippen molar-refractivity contribution in [3.8, 4) is 21.7 Å². The standard InChI is InChI=1S/C20H13FN2OS2/c21-15-10-8-13(9-11-15)17-18(14-5-2-1-3-6-14)26-20(22-17)23-19(24)16-7-4-12-25-16/h1-12H,(H,22,23,24). The zero-order valence-electron chi connectivity index (χ0n) is 13.5. The second kappa shape index (κ2) is 7.19. The first-order valence-corrected chi connectivity index (χ1v) is 9.57. The van der Waals surface area contributed by atoms with Crippen LogP contribution in [-0.2, 0) is 0 Å². The molecule has 0 atom stereocenters. The number of thiazole rings is 1. The number of amides is 1. The highest BCUT2D eigenvalue weighted by Gasteiger charge is 2.17. The number of carbonyl (C=O) groups is 1. The van der Waals surface area contributed by atoms with Gasteiger partial charge in [0.05, 0.1) is 15.4 Å². The van der Waals surface area contributed by atoms with Gasteiger partial charge in [0.15, 0.2) is 5.13 Å². The number of thiophene rings is 1. The molecule has 2 heterocycles. The Labute approximate surface area is 157 Å². The molecule has 0 fully saturated rings. The molecule has 6 heteroatoms. The molecule has 128 valence electrons. The molecule has 0 unspecified atom stereocenters. The minimum atomic E-state index is -0.295. The van der Waals surface area contributed by atoms with E-state index in [1.807, 2.05) is 41.8 Å². The fraction of sp³-hybridized carbons (Fsp3) is 0. The fourth-order valence-electron chi connectivity index (χ4n) is 2.53. The Kier molecular flexibility index (Phi) is 4.60. The van der Waals surface area contributed by atoms with E-state index in [-0.39, 0.29) is 11.7 Å². The van der Waals surface area contributed by atoms with Gasteiger partial charge in [0.1, 0.15) is 5.82 Å². The minimum absolute atomic E-state index is 0.181. The molecule has 1 amide bonds. The maximum atomic E-state index is 13.3. The third kappa shape index (κ3) is 3.42. The molecule has 4 aromatic rings. The van der Waals surface area contributed by atoms with Gasteiger partial charge in [-0.05, 0) is 41.3 Å². The summed E-state index contributed by atoms with van der Waals surface area (Å²) in [4.78, 5) is 18.5. The van der Waals surface area contributed by atoms with Gasteiger partial charge in [0.25, 0.3) is 5.91 Å². The van der Waals surface area contributed by atoms with Gasteiger partial charge in [0.2, 0.25) is 0 Å². The molecule has 0 aliphatic heterocycles. The summed E-state index contributed by atoms with van der Waals surface area (Å²) < 4.78 is 13.3. The molecule has 0 radical (unpaired) electrons. The predicted octanol–water partition coefficient (Wildman–Crippen LogP) is 5.93. The number of benzene rings is 2. The SMILES string of the molecule is O=C(Nc1nc(-c2ccc(F)cc2)c(-c2ccccc2)s1)c1cccs1. The van der Waals surface area contributed by atoms with E-state index in [4.69, 9.17) is 0 Å². The molecule has 0 bridgehead atoms. The maximum absolute atomic E-state index is 13.3. The first-order valence-electron chi connectivity index (χ1n) is 7.88. The number of halogens is 1. The van der Waals surface area contributed by atoms with E-state index in [1.165, 1.54) is 34.8 Å². The highest BCUT2D eigenvalue weighted by atomic mass is 32.1. The molecule has 0 aliphatic carbocycles. The number of nitrogens with one attached hydrogen (secondary N) is 1. The van der Waals surface area contributed by atoms with Gasteiger partial charge in [-0.1, -0.05) is 47.7 Å². The van der Waals surface area contributed by atoms with Crippen LogP contribution in [-0.4, -0.2) is 10.9 Å². The van der Waals surface area contributed by atoms with E-state index < -0.39 is 0 Å². The van der Waals surface area contributed by atoms with E-state index in [0.717, 1.165) is 21.7 Å². The lowest BCUT2D eigenvalue weighted by atomic mass is 10.1. The number of nitrogens with zero attached hydrogens (tertiary/aromatic N) is 1. The van der Waals surface area contributed by atoms with Crippen molar-refractivity contribution in [2.45, 2.75) is 0 Å². The third-order valence-corrected chi connectivity index (χ3v) is 5.63. The lowest BCUT2D eigenvalue weighted by molar-refractivity contribution is 0.103. The molecule has 1 N–H and O–H groups in total. The van der Waals surface area contributed by atoms with Crippen LogP contribution in [0.15, 0.2) is 72.1 Å². The fourth-order valence-corrected chi connectivity index (χ4v) is 4.14. The lowest BCUT2D eigenvalue weighted by Crippen LogP contribution is -2.09. The summed E-state index contributed by atoms with van der Waals surface area (Å²) in [6.45, 7) is 0. The number of hydrogen-bond acceptors (Lipinski definition) is 4. The van der Waals surface area contributed by atoms with Gasteiger partial charge < -0.3 is 0 Å². The van der Waals surface area contributed by atoms with E-state index >= 15 is 0 Å². The Hall–Kier alpha value is -2.83. The Bertz CT molecular complexity index is 1030. The average Bonchev–Trinajstić information content (AvgIpc) is 3.33. The van der Waals surface area contributed by atoms with Crippen LogP contribution >= 0.6 is 22.7 Å². The monoisotopic (exact) mass is 380 g/mol. The summed E-state index contributed by atoms with van der Waals surface area (Å²) in [5.41, 5.74) is 2.53. The van der Waals surface area contributed by atoms with Crippen LogP contribution in [0, 0.1) is 5.82 Å². The quantitative estimate of drug-likeness (QED) is 0.477. The highest BCUT2D eigenvalue weighted by Crippen LogP contribution is 2.39. The molecule has 3 nitrogen and oxygen atoms in total. The topological polar surface area (TPSA) is 42.0 Å². The molecule has 4 rings (SSSR count). The van der Waals surface area contributed by atoms with Gasteiger partial charge in [-0.2, -0.15) is 0 Å². The van der Waals surface area contributed by atoms with Crippen LogP contribution < -0.4 is 5.32 Å². The summed E-state index contributed by atoms with van der Waals surface area (Å²) in [5.74, 6) is -0.476. The first-order chi connectivity index (χ1) is 12.7. The van der Waals surface area contributed by atoms with Crippen LogP contribution in [0.25, 0.3) is 21.7 Å². The van der Waals surface area contributed by atoms with Gasteiger partial charge >= 0.3 is 0 Å². The van der Waals surface area contributed by atoms with E-state index in [0.29, 0.717) is 10.0 Å². The first kappa shape index (κ1) is 16.6. The summed E-state index contributed by atoms with van der Waals surface area (Å²) in [5, 5.41) is 5.23. The average molecular weight is 380 g/mol. The Balaban J connectivity index is 1.75. The molecule has 0 saturated heterocycles. The van der Waals surface area contributed by atoms with E-state index in [1.54, 1.807) is 18.2 Å². The minimum Gasteiger partial charge on any atom is -0.297 e. The van der Waals surface area contributed by atoms with Crippen molar-refractivity contribution >= 4 is 33.7 Å². The van der Waals surface area contributed by atoms with Crippen LogP contribution in [0.1, 0.15) is 9.67 Å². The molecule has 2 aromatic carbocycles. The molecule has 0 saturated carbocycles. The molecule has 0 aliphatic rings. The van der Waals surface area contributed by atoms with Crippen LogP contribution in [0.3, 0.4) is 0 Å². The second-order valence-corrected chi connectivity index (χ2v) is 7.45. The number of hydrogen-bond donors (Lipinski definition) is 1.